The Morgan fingerprint density at radius 2 is 2.11 bits per heavy atom. The normalized spacial score (nSPS) is 23.7. The average Bonchev–Trinajstić information content (AvgIpc) is 2.54. The number of aliphatic hydroxyl groups is 1. The molecule has 0 aromatic carbocycles. The molecule has 0 amide bonds. The molecule has 0 spiro atoms. The zero-order chi connectivity index (χ0) is 13.8. The number of nitro groups is 1. The Balaban J connectivity index is 2.22. The van der Waals surface area contributed by atoms with Gasteiger partial charge in [0.25, 0.3) is 0 Å². The number of nitrogens with one attached hydrogen (secondary N) is 1. The van der Waals surface area contributed by atoms with E-state index >= 15 is 0 Å². The number of nitrogens with zero attached hydrogens (tertiary/aromatic N) is 3. The topological polar surface area (TPSA) is 101 Å². The van der Waals surface area contributed by atoms with Crippen molar-refractivity contribution in [1.82, 2.24) is 9.97 Å². The highest BCUT2D eigenvalue weighted by molar-refractivity contribution is 6.31. The van der Waals surface area contributed by atoms with E-state index in [9.17, 15) is 15.2 Å². The van der Waals surface area contributed by atoms with Crippen LogP contribution >= 0.6 is 11.6 Å². The van der Waals surface area contributed by atoms with Crippen LogP contribution in [0.15, 0.2) is 6.33 Å². The summed E-state index contributed by atoms with van der Waals surface area (Å²) in [4.78, 5) is 17.8. The van der Waals surface area contributed by atoms with Crippen LogP contribution in [0.4, 0.5) is 11.5 Å². The summed E-state index contributed by atoms with van der Waals surface area (Å²) in [5.41, 5.74) is -0.347. The summed E-state index contributed by atoms with van der Waals surface area (Å²) in [7, 11) is 0. The summed E-state index contributed by atoms with van der Waals surface area (Å²) in [5.74, 6) is 0.0657. The molecule has 1 aromatic heterocycles. The number of rotatable bonds is 3. The Labute approximate surface area is 115 Å². The zero-order valence-corrected chi connectivity index (χ0v) is 11.0. The van der Waals surface area contributed by atoms with E-state index < -0.39 is 11.0 Å². The number of aromatic nitrogens is 2. The van der Waals surface area contributed by atoms with Crippen molar-refractivity contribution in [3.8, 4) is 0 Å². The molecule has 0 aliphatic heterocycles. The predicted molar refractivity (Wildman–Crippen MR) is 70.2 cm³/mol. The molecular weight excluding hydrogens is 272 g/mol. The highest BCUT2D eigenvalue weighted by atomic mass is 35.5. The quantitative estimate of drug-likeness (QED) is 0.382. The first-order chi connectivity index (χ1) is 9.09. The maximum Gasteiger partial charge on any atom is 0.348 e. The van der Waals surface area contributed by atoms with E-state index in [1.54, 1.807) is 0 Å². The van der Waals surface area contributed by atoms with E-state index in [2.05, 4.69) is 15.3 Å². The molecule has 0 saturated heterocycles. The maximum absolute atomic E-state index is 11.0. The monoisotopic (exact) mass is 286 g/mol. The first-order valence-corrected chi connectivity index (χ1v) is 6.57. The summed E-state index contributed by atoms with van der Waals surface area (Å²) < 4.78 is 0. The van der Waals surface area contributed by atoms with E-state index in [4.69, 9.17) is 11.6 Å². The Bertz CT molecular complexity index is 471. The molecule has 2 atom stereocenters. The lowest BCUT2D eigenvalue weighted by molar-refractivity contribution is -0.384. The standard InChI is InChI=1S/C11H15ClN4O3/c12-10-9(16(18)19)11(14-6-13-10)15-7-4-2-1-3-5-8(7)17/h6-8,17H,1-5H2,(H,13,14,15). The lowest BCUT2D eigenvalue weighted by atomic mass is 10.1. The third kappa shape index (κ3) is 3.30. The molecule has 2 N–H and O–H groups in total. The Morgan fingerprint density at radius 3 is 2.84 bits per heavy atom. The minimum Gasteiger partial charge on any atom is -0.391 e. The molecule has 7 nitrogen and oxygen atoms in total. The third-order valence-corrected chi connectivity index (χ3v) is 3.54. The zero-order valence-electron chi connectivity index (χ0n) is 10.3. The molecule has 0 bridgehead atoms. The SMILES string of the molecule is O=[N+]([O-])c1c(Cl)ncnc1NC1CCCCCC1O. The van der Waals surface area contributed by atoms with Gasteiger partial charge in [-0.25, -0.2) is 9.97 Å². The second-order valence-corrected chi connectivity index (χ2v) is 4.93. The highest BCUT2D eigenvalue weighted by Gasteiger charge is 2.27. The van der Waals surface area contributed by atoms with E-state index in [1.165, 1.54) is 6.33 Å². The van der Waals surface area contributed by atoms with Crippen LogP contribution in [0.1, 0.15) is 32.1 Å². The minimum absolute atomic E-state index is 0.0657. The van der Waals surface area contributed by atoms with Crippen molar-refractivity contribution in [3.05, 3.63) is 21.6 Å². The first kappa shape index (κ1) is 14.0. The summed E-state index contributed by atoms with van der Waals surface area (Å²) in [5, 5.41) is 23.7. The predicted octanol–water partition coefficient (Wildman–Crippen LogP) is 2.14. The fourth-order valence-electron chi connectivity index (χ4n) is 2.26. The van der Waals surface area contributed by atoms with Crippen molar-refractivity contribution in [2.24, 2.45) is 0 Å². The molecule has 1 aliphatic carbocycles. The number of hydrogen-bond donors (Lipinski definition) is 2. The van der Waals surface area contributed by atoms with Crippen LogP contribution in [-0.4, -0.2) is 32.1 Å². The molecule has 1 heterocycles. The van der Waals surface area contributed by atoms with Gasteiger partial charge in [0.05, 0.1) is 17.1 Å². The van der Waals surface area contributed by atoms with E-state index in [0.717, 1.165) is 25.7 Å². The van der Waals surface area contributed by atoms with Crippen LogP contribution in [0.3, 0.4) is 0 Å². The smallest absolute Gasteiger partial charge is 0.348 e. The van der Waals surface area contributed by atoms with Crippen molar-refractivity contribution in [2.75, 3.05) is 5.32 Å². The number of anilines is 1. The van der Waals surface area contributed by atoms with Gasteiger partial charge in [-0.2, -0.15) is 0 Å². The molecule has 1 saturated carbocycles. The number of hydrogen-bond acceptors (Lipinski definition) is 6. The lowest BCUT2D eigenvalue weighted by Crippen LogP contribution is -2.33. The molecular formula is C11H15ClN4O3. The molecule has 2 rings (SSSR count). The first-order valence-electron chi connectivity index (χ1n) is 6.19. The van der Waals surface area contributed by atoms with Crippen molar-refractivity contribution in [1.29, 1.82) is 0 Å². The van der Waals surface area contributed by atoms with Gasteiger partial charge >= 0.3 is 5.69 Å². The lowest BCUT2D eigenvalue weighted by Gasteiger charge is -2.21. The van der Waals surface area contributed by atoms with Gasteiger partial charge in [-0.05, 0) is 12.8 Å². The second-order valence-electron chi connectivity index (χ2n) is 4.57. The molecule has 0 radical (unpaired) electrons. The Hall–Kier alpha value is -1.47. The van der Waals surface area contributed by atoms with Crippen molar-refractivity contribution in [2.45, 2.75) is 44.2 Å². The molecule has 1 aromatic rings. The van der Waals surface area contributed by atoms with E-state index in [1.807, 2.05) is 0 Å². The van der Waals surface area contributed by atoms with Gasteiger partial charge in [0.2, 0.25) is 11.0 Å². The van der Waals surface area contributed by atoms with Gasteiger partial charge in [0, 0.05) is 0 Å². The second kappa shape index (κ2) is 6.12. The van der Waals surface area contributed by atoms with Crippen LogP contribution < -0.4 is 5.32 Å². The van der Waals surface area contributed by atoms with Crippen LogP contribution in [0.2, 0.25) is 5.15 Å². The van der Waals surface area contributed by atoms with Crippen molar-refractivity contribution in [3.63, 3.8) is 0 Å². The van der Waals surface area contributed by atoms with Crippen LogP contribution in [-0.2, 0) is 0 Å². The number of halogens is 1. The summed E-state index contributed by atoms with van der Waals surface area (Å²) in [6, 6.07) is -0.243. The van der Waals surface area contributed by atoms with E-state index in [-0.39, 0.29) is 22.7 Å². The number of aliphatic hydroxyl groups excluding tert-OH is 1. The Kier molecular flexibility index (Phi) is 4.49. The fraction of sp³-hybridized carbons (Fsp3) is 0.636. The molecule has 8 heteroatoms. The molecule has 104 valence electrons. The third-order valence-electron chi connectivity index (χ3n) is 3.26. The van der Waals surface area contributed by atoms with Gasteiger partial charge in [0.15, 0.2) is 0 Å². The van der Waals surface area contributed by atoms with Crippen LogP contribution in [0.25, 0.3) is 0 Å². The van der Waals surface area contributed by atoms with Gasteiger partial charge in [-0.15, -0.1) is 0 Å². The van der Waals surface area contributed by atoms with Crippen molar-refractivity contribution < 1.29 is 10.0 Å². The summed E-state index contributed by atoms with van der Waals surface area (Å²) in [6.07, 6.45) is 5.07. The summed E-state index contributed by atoms with van der Waals surface area (Å²) >= 11 is 5.72. The van der Waals surface area contributed by atoms with Crippen LogP contribution in [0.5, 0.6) is 0 Å². The van der Waals surface area contributed by atoms with E-state index in [0.29, 0.717) is 6.42 Å². The maximum atomic E-state index is 11.0. The fourth-order valence-corrected chi connectivity index (χ4v) is 2.46. The van der Waals surface area contributed by atoms with Crippen LogP contribution in [0, 0.1) is 10.1 Å². The largest absolute Gasteiger partial charge is 0.391 e. The molecule has 19 heavy (non-hydrogen) atoms. The molecule has 2 unspecified atom stereocenters. The van der Waals surface area contributed by atoms with Gasteiger partial charge in [0.1, 0.15) is 6.33 Å². The van der Waals surface area contributed by atoms with Gasteiger partial charge in [-0.1, -0.05) is 30.9 Å². The van der Waals surface area contributed by atoms with Gasteiger partial charge < -0.3 is 10.4 Å². The summed E-state index contributed by atoms with van der Waals surface area (Å²) in [6.45, 7) is 0. The van der Waals surface area contributed by atoms with Gasteiger partial charge in [-0.3, -0.25) is 10.1 Å². The molecule has 1 aliphatic rings. The average molecular weight is 287 g/mol. The minimum atomic E-state index is -0.617. The molecule has 1 fully saturated rings. The van der Waals surface area contributed by atoms with Crippen molar-refractivity contribution >= 4 is 23.1 Å². The highest BCUT2D eigenvalue weighted by Crippen LogP contribution is 2.30. The Morgan fingerprint density at radius 1 is 1.37 bits per heavy atom.